The van der Waals surface area contributed by atoms with Crippen LogP contribution in [0.4, 0.5) is 17.6 Å². The minimum absolute atomic E-state index is 0.0505. The normalized spacial score (nSPS) is 31.7. The quantitative estimate of drug-likeness (QED) is 0.111. The van der Waals surface area contributed by atoms with Crippen LogP contribution in [0.25, 0.3) is 0 Å². The maximum absolute atomic E-state index is 14.7. The minimum atomic E-state index is -5.66. The Balaban J connectivity index is 1.03. The first-order valence-corrected chi connectivity index (χ1v) is 16.8. The lowest BCUT2D eigenvalue weighted by atomic mass is 9.48. The molecule has 0 aromatic heterocycles. The largest absolute Gasteiger partial charge is 0.462 e. The van der Waals surface area contributed by atoms with Gasteiger partial charge in [0.05, 0.1) is 11.3 Å². The summed E-state index contributed by atoms with van der Waals surface area (Å²) in [6, 6.07) is 16.3. The lowest BCUT2D eigenvalue weighted by Gasteiger charge is -2.58. The van der Waals surface area contributed by atoms with E-state index in [-0.39, 0.29) is 54.3 Å². The zero-order valence-corrected chi connectivity index (χ0v) is 25.0. The standard InChI is InChI=1S/C34H28F4O7S/c35-25-27(37)31(46(41,42)43)28(38)26(36)30(25)45-33(40)34-12-15-9-16(13-34)29(17(10-15)14-34)44-32(39)23-11-22-18-5-1-3-7-20(18)24(23)21-8-4-2-6-19(21)22/h1-8,15-17,22-24,29H,9-14H2,(H,41,42,43). The van der Waals surface area contributed by atoms with Crippen molar-refractivity contribution in [1.29, 1.82) is 0 Å². The fourth-order valence-corrected chi connectivity index (χ4v) is 10.2. The van der Waals surface area contributed by atoms with E-state index in [0.717, 1.165) is 11.1 Å². The summed E-state index contributed by atoms with van der Waals surface area (Å²) in [4.78, 5) is 25.2. The SMILES string of the molecule is O=C(OC1C2CC3CC1CC(C(=O)Oc1c(F)c(F)c(S(=O)(=O)O)c(F)c1F)(C3)C2)C1CC2c3ccccc3C1c1ccccc12. The highest BCUT2D eigenvalue weighted by Crippen LogP contribution is 2.62. The molecule has 0 spiro atoms. The van der Waals surface area contributed by atoms with Gasteiger partial charge in [0.1, 0.15) is 6.10 Å². The number of rotatable bonds is 5. The van der Waals surface area contributed by atoms with Crippen LogP contribution < -0.4 is 4.74 Å². The van der Waals surface area contributed by atoms with E-state index in [1.54, 1.807) is 0 Å². The van der Waals surface area contributed by atoms with Crippen LogP contribution >= 0.6 is 0 Å². The van der Waals surface area contributed by atoms with Gasteiger partial charge in [-0.3, -0.25) is 14.1 Å². The molecule has 3 aromatic rings. The Bertz CT molecular complexity index is 1850. The summed E-state index contributed by atoms with van der Waals surface area (Å²) in [6.07, 6.45) is 2.23. The number of fused-ring (bicyclic) bond motifs is 1. The molecule has 0 aliphatic heterocycles. The summed E-state index contributed by atoms with van der Waals surface area (Å²) in [5.41, 5.74) is 3.48. The molecule has 240 valence electrons. The zero-order valence-electron chi connectivity index (χ0n) is 24.2. The van der Waals surface area contributed by atoms with Crippen LogP contribution in [0, 0.1) is 52.4 Å². The molecule has 12 heteroatoms. The smallest absolute Gasteiger partial charge is 0.317 e. The third-order valence-corrected chi connectivity index (χ3v) is 12.0. The van der Waals surface area contributed by atoms with Crippen LogP contribution in [0.2, 0.25) is 0 Å². The van der Waals surface area contributed by atoms with Crippen LogP contribution in [-0.4, -0.2) is 31.0 Å². The molecular weight excluding hydrogens is 628 g/mol. The molecule has 6 bridgehead atoms. The van der Waals surface area contributed by atoms with Gasteiger partial charge in [-0.05, 0) is 78.5 Å². The van der Waals surface area contributed by atoms with Crippen molar-refractivity contribution in [2.24, 2.45) is 29.1 Å². The molecule has 0 amide bonds. The van der Waals surface area contributed by atoms with Gasteiger partial charge in [0.2, 0.25) is 17.4 Å². The third kappa shape index (κ3) is 4.21. The van der Waals surface area contributed by atoms with Gasteiger partial charge < -0.3 is 9.47 Å². The van der Waals surface area contributed by atoms with Crippen molar-refractivity contribution >= 4 is 22.1 Å². The van der Waals surface area contributed by atoms with E-state index in [0.29, 0.717) is 25.7 Å². The van der Waals surface area contributed by atoms with Crippen LogP contribution in [0.3, 0.4) is 0 Å². The lowest BCUT2D eigenvalue weighted by molar-refractivity contribution is -0.194. The first-order chi connectivity index (χ1) is 21.9. The van der Waals surface area contributed by atoms with Gasteiger partial charge in [-0.2, -0.15) is 17.2 Å². The molecule has 3 unspecified atom stereocenters. The molecule has 1 N–H and O–H groups in total. The van der Waals surface area contributed by atoms with Crippen molar-refractivity contribution in [2.75, 3.05) is 0 Å². The number of hydrogen-bond donors (Lipinski definition) is 1. The number of carbonyl (C=O) groups excluding carboxylic acids is 2. The minimum Gasteiger partial charge on any atom is -0.462 e. The van der Waals surface area contributed by atoms with Gasteiger partial charge in [-0.15, -0.1) is 0 Å². The molecule has 0 saturated heterocycles. The van der Waals surface area contributed by atoms with Gasteiger partial charge in [-0.25, -0.2) is 8.78 Å². The predicted molar refractivity (Wildman–Crippen MR) is 152 cm³/mol. The Morgan fingerprint density at radius 3 is 1.80 bits per heavy atom. The van der Waals surface area contributed by atoms with E-state index in [1.807, 2.05) is 24.3 Å². The summed E-state index contributed by atoms with van der Waals surface area (Å²) in [7, 11) is -5.66. The number of esters is 2. The Labute approximate surface area is 261 Å². The van der Waals surface area contributed by atoms with E-state index >= 15 is 0 Å². The molecule has 4 fully saturated rings. The van der Waals surface area contributed by atoms with Crippen molar-refractivity contribution in [2.45, 2.75) is 61.4 Å². The fraction of sp³-hybridized carbons (Fsp3) is 0.412. The predicted octanol–water partition coefficient (Wildman–Crippen LogP) is 6.43. The summed E-state index contributed by atoms with van der Waals surface area (Å²) in [6.45, 7) is 0. The Hall–Kier alpha value is -3.77. The van der Waals surface area contributed by atoms with Crippen molar-refractivity contribution in [3.63, 3.8) is 0 Å². The fourth-order valence-electron chi connectivity index (χ4n) is 9.62. The molecule has 46 heavy (non-hydrogen) atoms. The van der Waals surface area contributed by atoms with Crippen LogP contribution in [-0.2, 0) is 24.4 Å². The van der Waals surface area contributed by atoms with E-state index in [4.69, 9.17) is 14.0 Å². The molecular formula is C34H28F4O7S. The number of halogens is 4. The van der Waals surface area contributed by atoms with Gasteiger partial charge in [0.25, 0.3) is 0 Å². The first-order valence-electron chi connectivity index (χ1n) is 15.3. The third-order valence-electron chi connectivity index (χ3n) is 11.1. The number of hydrogen-bond acceptors (Lipinski definition) is 6. The summed E-state index contributed by atoms with van der Waals surface area (Å²) in [5, 5.41) is 0. The van der Waals surface area contributed by atoms with Crippen molar-refractivity contribution < 1.29 is 49.6 Å². The van der Waals surface area contributed by atoms with E-state index in [2.05, 4.69) is 24.3 Å². The topological polar surface area (TPSA) is 107 Å². The molecule has 0 heterocycles. The van der Waals surface area contributed by atoms with E-state index in [9.17, 15) is 35.6 Å². The second-order valence-corrected chi connectivity index (χ2v) is 14.9. The van der Waals surface area contributed by atoms with Gasteiger partial charge in [-0.1, -0.05) is 48.5 Å². The highest BCUT2D eigenvalue weighted by molar-refractivity contribution is 7.85. The molecule has 7 nitrogen and oxygen atoms in total. The number of ether oxygens (including phenoxy) is 2. The van der Waals surface area contributed by atoms with Crippen LogP contribution in [0.1, 0.15) is 72.6 Å². The Morgan fingerprint density at radius 1 is 0.761 bits per heavy atom. The zero-order chi connectivity index (χ0) is 32.3. The lowest BCUT2D eigenvalue weighted by Crippen LogP contribution is -2.58. The summed E-state index contributed by atoms with van der Waals surface area (Å²) in [5.74, 6) is -13.2. The van der Waals surface area contributed by atoms with E-state index in [1.165, 1.54) is 11.1 Å². The van der Waals surface area contributed by atoms with Crippen molar-refractivity contribution in [3.8, 4) is 5.75 Å². The average Bonchev–Trinajstić information content (AvgIpc) is 3.02. The average molecular weight is 657 g/mol. The first kappa shape index (κ1) is 29.6. The number of carbonyl (C=O) groups is 2. The monoisotopic (exact) mass is 656 g/mol. The van der Waals surface area contributed by atoms with Crippen LogP contribution in [0.5, 0.6) is 5.75 Å². The number of benzene rings is 3. The molecule has 7 aliphatic rings. The molecule has 3 aromatic carbocycles. The van der Waals surface area contributed by atoms with E-state index < -0.39 is 61.5 Å². The molecule has 10 rings (SSSR count). The maximum Gasteiger partial charge on any atom is 0.317 e. The molecule has 4 saturated carbocycles. The van der Waals surface area contributed by atoms with Crippen molar-refractivity contribution in [1.82, 2.24) is 0 Å². The van der Waals surface area contributed by atoms with Crippen LogP contribution in [0.15, 0.2) is 53.4 Å². The summed E-state index contributed by atoms with van der Waals surface area (Å²) < 4.78 is 101. The highest BCUT2D eigenvalue weighted by atomic mass is 32.2. The second kappa shape index (κ2) is 10.1. The Morgan fingerprint density at radius 2 is 1.28 bits per heavy atom. The molecule has 0 radical (unpaired) electrons. The van der Waals surface area contributed by atoms with Gasteiger partial charge >= 0.3 is 22.1 Å². The Kier molecular flexibility index (Phi) is 6.51. The van der Waals surface area contributed by atoms with Gasteiger partial charge in [0.15, 0.2) is 16.5 Å². The van der Waals surface area contributed by atoms with Gasteiger partial charge in [0, 0.05) is 11.8 Å². The van der Waals surface area contributed by atoms with Crippen molar-refractivity contribution in [3.05, 3.63) is 94.1 Å². The second-order valence-electron chi connectivity index (χ2n) is 13.6. The molecule has 7 aliphatic carbocycles. The maximum atomic E-state index is 14.7. The highest BCUT2D eigenvalue weighted by Gasteiger charge is 2.61. The molecule has 3 atom stereocenters. The summed E-state index contributed by atoms with van der Waals surface area (Å²) >= 11 is 0.